The van der Waals surface area contributed by atoms with Crippen molar-refractivity contribution in [2.24, 2.45) is 0 Å². The fraction of sp³-hybridized carbons (Fsp3) is 0.353. The summed E-state index contributed by atoms with van der Waals surface area (Å²) in [6.45, 7) is 2.60. The average Bonchev–Trinajstić information content (AvgIpc) is 2.62. The molecule has 2 aromatic rings. The Kier molecular flexibility index (Phi) is 4.61. The van der Waals surface area contributed by atoms with Crippen molar-refractivity contribution in [3.63, 3.8) is 0 Å². The second kappa shape index (κ2) is 6.84. The van der Waals surface area contributed by atoms with Crippen LogP contribution < -0.4 is 10.1 Å². The van der Waals surface area contributed by atoms with Crippen molar-refractivity contribution < 1.29 is 19.1 Å². The zero-order valence-electron chi connectivity index (χ0n) is 13.6. The summed E-state index contributed by atoms with van der Waals surface area (Å²) in [7, 11) is 1.58. The van der Waals surface area contributed by atoms with Crippen LogP contribution in [0.3, 0.4) is 0 Å². The Bertz CT molecular complexity index is 778. The van der Waals surface area contributed by atoms with E-state index in [1.165, 1.54) is 6.92 Å². The summed E-state index contributed by atoms with van der Waals surface area (Å²) in [6, 6.07) is 7.19. The standard InChI is InChI=1S/C17H19N3O4/c1-11(21)20-8-9-24-15(10-20)17(22)19-13-5-6-14(23-2)16-12(13)4-3-7-18-16/h3-7,15H,8-10H2,1-2H3,(H,19,22). The Labute approximate surface area is 139 Å². The fourth-order valence-electron chi connectivity index (χ4n) is 2.73. The fourth-order valence-corrected chi connectivity index (χ4v) is 2.73. The van der Waals surface area contributed by atoms with Crippen molar-refractivity contribution >= 4 is 28.4 Å². The van der Waals surface area contributed by atoms with E-state index in [2.05, 4.69) is 10.3 Å². The van der Waals surface area contributed by atoms with Crippen LogP contribution in [0.4, 0.5) is 5.69 Å². The van der Waals surface area contributed by atoms with Gasteiger partial charge in [-0.25, -0.2) is 0 Å². The molecule has 3 rings (SSSR count). The van der Waals surface area contributed by atoms with Gasteiger partial charge in [0.1, 0.15) is 11.3 Å². The van der Waals surface area contributed by atoms with Gasteiger partial charge in [0, 0.05) is 25.1 Å². The predicted molar refractivity (Wildman–Crippen MR) is 88.9 cm³/mol. The summed E-state index contributed by atoms with van der Waals surface area (Å²) in [5.74, 6) is 0.298. The number of morpholine rings is 1. The lowest BCUT2D eigenvalue weighted by Gasteiger charge is -2.31. The van der Waals surface area contributed by atoms with Crippen LogP contribution in [0.15, 0.2) is 30.5 Å². The second-order valence-corrected chi connectivity index (χ2v) is 5.53. The van der Waals surface area contributed by atoms with Crippen molar-refractivity contribution in [3.8, 4) is 5.75 Å². The van der Waals surface area contributed by atoms with Gasteiger partial charge in [0.25, 0.3) is 5.91 Å². The molecule has 1 aromatic carbocycles. The minimum Gasteiger partial charge on any atom is -0.494 e. The highest BCUT2D eigenvalue weighted by molar-refractivity contribution is 6.04. The molecule has 0 aliphatic carbocycles. The van der Waals surface area contributed by atoms with Crippen LogP contribution in [0.2, 0.25) is 0 Å². The van der Waals surface area contributed by atoms with Gasteiger partial charge in [-0.2, -0.15) is 0 Å². The molecule has 7 nitrogen and oxygen atoms in total. The number of ether oxygens (including phenoxy) is 2. The van der Waals surface area contributed by atoms with Gasteiger partial charge in [0.15, 0.2) is 6.10 Å². The summed E-state index contributed by atoms with van der Waals surface area (Å²) >= 11 is 0. The summed E-state index contributed by atoms with van der Waals surface area (Å²) < 4.78 is 10.8. The highest BCUT2D eigenvalue weighted by atomic mass is 16.5. The van der Waals surface area contributed by atoms with Crippen LogP contribution in [0.1, 0.15) is 6.92 Å². The molecule has 2 amide bonds. The van der Waals surface area contributed by atoms with E-state index in [1.54, 1.807) is 36.4 Å². The lowest BCUT2D eigenvalue weighted by Crippen LogP contribution is -2.49. The van der Waals surface area contributed by atoms with E-state index in [1.807, 2.05) is 6.07 Å². The number of pyridine rings is 1. The third-order valence-electron chi connectivity index (χ3n) is 4.01. The maximum Gasteiger partial charge on any atom is 0.255 e. The molecule has 1 fully saturated rings. The van der Waals surface area contributed by atoms with Crippen LogP contribution >= 0.6 is 0 Å². The normalized spacial score (nSPS) is 17.6. The Morgan fingerprint density at radius 3 is 2.96 bits per heavy atom. The number of benzene rings is 1. The molecule has 24 heavy (non-hydrogen) atoms. The minimum absolute atomic E-state index is 0.0600. The first-order chi connectivity index (χ1) is 11.6. The van der Waals surface area contributed by atoms with Crippen molar-refractivity contribution in [1.29, 1.82) is 0 Å². The molecule has 2 heterocycles. The lowest BCUT2D eigenvalue weighted by molar-refractivity contribution is -0.143. The number of anilines is 1. The van der Waals surface area contributed by atoms with Crippen LogP contribution in [0.25, 0.3) is 10.9 Å². The SMILES string of the molecule is COc1ccc(NC(=O)C2CN(C(C)=O)CCO2)c2cccnc12. The van der Waals surface area contributed by atoms with Crippen LogP contribution in [0, 0.1) is 0 Å². The Morgan fingerprint density at radius 2 is 2.21 bits per heavy atom. The van der Waals surface area contributed by atoms with E-state index in [9.17, 15) is 9.59 Å². The van der Waals surface area contributed by atoms with Gasteiger partial charge in [0.05, 0.1) is 25.9 Å². The maximum absolute atomic E-state index is 12.5. The number of hydrogen-bond acceptors (Lipinski definition) is 5. The van der Waals surface area contributed by atoms with Gasteiger partial charge < -0.3 is 19.7 Å². The van der Waals surface area contributed by atoms with Crippen molar-refractivity contribution in [3.05, 3.63) is 30.5 Å². The van der Waals surface area contributed by atoms with Crippen LogP contribution in [-0.4, -0.2) is 54.6 Å². The first-order valence-electron chi connectivity index (χ1n) is 7.70. The number of nitrogens with one attached hydrogen (secondary N) is 1. The zero-order valence-corrected chi connectivity index (χ0v) is 13.6. The molecule has 1 atom stereocenters. The monoisotopic (exact) mass is 329 g/mol. The number of carbonyl (C=O) groups excluding carboxylic acids is 2. The number of amides is 2. The Morgan fingerprint density at radius 1 is 1.38 bits per heavy atom. The molecule has 0 bridgehead atoms. The highest BCUT2D eigenvalue weighted by Crippen LogP contribution is 2.29. The van der Waals surface area contributed by atoms with Gasteiger partial charge in [-0.1, -0.05) is 0 Å². The van der Waals surface area contributed by atoms with Gasteiger partial charge in [-0.15, -0.1) is 0 Å². The van der Waals surface area contributed by atoms with E-state index < -0.39 is 6.10 Å². The number of rotatable bonds is 3. The predicted octanol–water partition coefficient (Wildman–Crippen LogP) is 1.43. The van der Waals surface area contributed by atoms with E-state index in [4.69, 9.17) is 9.47 Å². The molecule has 1 aliphatic rings. The van der Waals surface area contributed by atoms with Gasteiger partial charge in [0.2, 0.25) is 5.91 Å². The van der Waals surface area contributed by atoms with Gasteiger partial charge in [-0.3, -0.25) is 14.6 Å². The average molecular weight is 329 g/mol. The Hall–Kier alpha value is -2.67. The molecule has 0 radical (unpaired) electrons. The molecule has 0 saturated carbocycles. The number of aromatic nitrogens is 1. The molecule has 1 N–H and O–H groups in total. The number of carbonyl (C=O) groups is 2. The molecule has 1 aromatic heterocycles. The van der Waals surface area contributed by atoms with Gasteiger partial charge >= 0.3 is 0 Å². The van der Waals surface area contributed by atoms with Crippen LogP contribution in [-0.2, 0) is 14.3 Å². The van der Waals surface area contributed by atoms with E-state index in [0.717, 1.165) is 5.39 Å². The van der Waals surface area contributed by atoms with E-state index >= 15 is 0 Å². The molecule has 126 valence electrons. The first-order valence-corrected chi connectivity index (χ1v) is 7.70. The van der Waals surface area contributed by atoms with Gasteiger partial charge in [-0.05, 0) is 24.3 Å². The minimum atomic E-state index is -0.684. The zero-order chi connectivity index (χ0) is 17.1. The molecule has 1 saturated heterocycles. The largest absolute Gasteiger partial charge is 0.494 e. The van der Waals surface area contributed by atoms with Crippen molar-refractivity contribution in [1.82, 2.24) is 9.88 Å². The summed E-state index contributed by atoms with van der Waals surface area (Å²) in [4.78, 5) is 29.9. The van der Waals surface area contributed by atoms with Crippen molar-refractivity contribution in [2.75, 3.05) is 32.1 Å². The van der Waals surface area contributed by atoms with E-state index in [0.29, 0.717) is 30.1 Å². The summed E-state index contributed by atoms with van der Waals surface area (Å²) in [5.41, 5.74) is 1.31. The summed E-state index contributed by atoms with van der Waals surface area (Å²) in [5, 5.41) is 3.65. The van der Waals surface area contributed by atoms with Crippen molar-refractivity contribution in [2.45, 2.75) is 13.0 Å². The number of fused-ring (bicyclic) bond motifs is 1. The number of methoxy groups -OCH3 is 1. The maximum atomic E-state index is 12.5. The Balaban J connectivity index is 1.82. The number of hydrogen-bond donors (Lipinski definition) is 1. The number of nitrogens with zero attached hydrogens (tertiary/aromatic N) is 2. The summed E-state index contributed by atoms with van der Waals surface area (Å²) in [6.07, 6.45) is 0.988. The molecule has 1 aliphatic heterocycles. The second-order valence-electron chi connectivity index (χ2n) is 5.53. The van der Waals surface area contributed by atoms with E-state index in [-0.39, 0.29) is 18.4 Å². The quantitative estimate of drug-likeness (QED) is 0.921. The highest BCUT2D eigenvalue weighted by Gasteiger charge is 2.28. The lowest BCUT2D eigenvalue weighted by atomic mass is 10.1. The molecule has 7 heteroatoms. The molecule has 1 unspecified atom stereocenters. The third kappa shape index (κ3) is 3.16. The smallest absolute Gasteiger partial charge is 0.255 e. The third-order valence-corrected chi connectivity index (χ3v) is 4.01. The van der Waals surface area contributed by atoms with Crippen LogP contribution in [0.5, 0.6) is 5.75 Å². The molecule has 0 spiro atoms. The first kappa shape index (κ1) is 16.2. The molecular formula is C17H19N3O4. The topological polar surface area (TPSA) is 80.8 Å². The molecular weight excluding hydrogens is 310 g/mol.